The number of thioether (sulfide) groups is 1. The highest BCUT2D eigenvalue weighted by atomic mass is 32.2. The van der Waals surface area contributed by atoms with Gasteiger partial charge in [-0.25, -0.2) is 9.18 Å². The molecule has 102 valence electrons. The Morgan fingerprint density at radius 2 is 2.47 bits per heavy atom. The van der Waals surface area contributed by atoms with Gasteiger partial charge in [-0.3, -0.25) is 4.57 Å². The van der Waals surface area contributed by atoms with Crippen LogP contribution in [0.15, 0.2) is 11.0 Å². The summed E-state index contributed by atoms with van der Waals surface area (Å²) in [4.78, 5) is 15.0. The molecule has 0 aromatic carbocycles. The highest BCUT2D eigenvalue weighted by molar-refractivity contribution is 8.01. The molecule has 0 radical (unpaired) electrons. The molecule has 1 aromatic heterocycles. The van der Waals surface area contributed by atoms with Gasteiger partial charge in [0.15, 0.2) is 11.6 Å². The third-order valence-corrected chi connectivity index (χ3v) is 4.66. The van der Waals surface area contributed by atoms with Crippen LogP contribution in [0.25, 0.3) is 0 Å². The van der Waals surface area contributed by atoms with Gasteiger partial charge in [0.05, 0.1) is 18.1 Å². The molecule has 2 rings (SSSR count). The Morgan fingerprint density at radius 3 is 3.00 bits per heavy atom. The Kier molecular flexibility index (Phi) is 3.54. The lowest BCUT2D eigenvalue weighted by Gasteiger charge is -2.22. The number of halogens is 1. The first-order valence-corrected chi connectivity index (χ1v) is 6.30. The Balaban J connectivity index is 2.39. The van der Waals surface area contributed by atoms with Gasteiger partial charge in [0.1, 0.15) is 4.75 Å². The molecule has 1 fully saturated rings. The van der Waals surface area contributed by atoms with Crippen LogP contribution < -0.4 is 11.4 Å². The molecular formula is C11H12FN3O3S. The Bertz CT molecular complexity index is 600. The van der Waals surface area contributed by atoms with E-state index in [9.17, 15) is 19.4 Å². The van der Waals surface area contributed by atoms with Crippen molar-refractivity contribution in [3.63, 3.8) is 0 Å². The van der Waals surface area contributed by atoms with Crippen molar-refractivity contribution in [2.45, 2.75) is 22.6 Å². The summed E-state index contributed by atoms with van der Waals surface area (Å²) in [5, 5.41) is 18.6. The van der Waals surface area contributed by atoms with E-state index in [1.54, 1.807) is 0 Å². The van der Waals surface area contributed by atoms with Crippen molar-refractivity contribution in [1.82, 2.24) is 9.55 Å². The van der Waals surface area contributed by atoms with Crippen LogP contribution in [0.4, 0.5) is 10.2 Å². The summed E-state index contributed by atoms with van der Waals surface area (Å²) in [6, 6.07) is 0. The molecule has 2 heterocycles. The first-order valence-electron chi connectivity index (χ1n) is 5.42. The van der Waals surface area contributed by atoms with Gasteiger partial charge in [0.25, 0.3) is 0 Å². The van der Waals surface area contributed by atoms with Gasteiger partial charge >= 0.3 is 5.69 Å². The van der Waals surface area contributed by atoms with Crippen LogP contribution in [-0.2, 0) is 0 Å². The number of nitrogen functional groups attached to an aromatic ring is 1. The summed E-state index contributed by atoms with van der Waals surface area (Å²) in [6.07, 6.45) is 5.36. The molecule has 0 amide bonds. The van der Waals surface area contributed by atoms with E-state index in [2.05, 4.69) is 10.9 Å². The molecule has 8 heteroatoms. The number of anilines is 1. The topological polar surface area (TPSA) is 101 Å². The van der Waals surface area contributed by atoms with Crippen LogP contribution in [0.3, 0.4) is 0 Å². The summed E-state index contributed by atoms with van der Waals surface area (Å²) in [5.74, 6) is 1.03. The average molecular weight is 285 g/mol. The fraction of sp³-hybridized carbons (Fsp3) is 0.455. The molecule has 1 aliphatic heterocycles. The number of hydrogen-bond donors (Lipinski definition) is 3. The number of hydrogen-bond acceptors (Lipinski definition) is 6. The summed E-state index contributed by atoms with van der Waals surface area (Å²) < 4.78 is 13.2. The van der Waals surface area contributed by atoms with Crippen molar-refractivity contribution in [3.05, 3.63) is 22.5 Å². The SMILES string of the molecule is C#C[C@]1(CO)S[C@@H](n2cc(F)c(N)nc2=O)C[C@@H]1O. The smallest absolute Gasteiger partial charge is 0.350 e. The minimum absolute atomic E-state index is 0.111. The van der Waals surface area contributed by atoms with Gasteiger partial charge in [-0.05, 0) is 0 Å². The molecule has 6 nitrogen and oxygen atoms in total. The van der Waals surface area contributed by atoms with E-state index >= 15 is 0 Å². The van der Waals surface area contributed by atoms with Gasteiger partial charge in [0, 0.05) is 12.6 Å². The summed E-state index contributed by atoms with van der Waals surface area (Å²) in [7, 11) is 0. The van der Waals surface area contributed by atoms with E-state index in [-0.39, 0.29) is 6.42 Å². The fourth-order valence-corrected chi connectivity index (χ4v) is 3.33. The van der Waals surface area contributed by atoms with E-state index in [0.717, 1.165) is 22.5 Å². The minimum atomic E-state index is -1.19. The number of rotatable bonds is 2. The zero-order valence-corrected chi connectivity index (χ0v) is 10.6. The molecule has 1 saturated heterocycles. The molecule has 0 aliphatic carbocycles. The first kappa shape index (κ1) is 13.9. The lowest BCUT2D eigenvalue weighted by molar-refractivity contribution is 0.114. The molecule has 0 saturated carbocycles. The highest BCUT2D eigenvalue weighted by Gasteiger charge is 2.47. The van der Waals surface area contributed by atoms with Gasteiger partial charge in [-0.15, -0.1) is 18.2 Å². The number of aromatic nitrogens is 2. The van der Waals surface area contributed by atoms with Crippen molar-refractivity contribution in [2.75, 3.05) is 12.3 Å². The van der Waals surface area contributed by atoms with E-state index in [0.29, 0.717) is 0 Å². The van der Waals surface area contributed by atoms with E-state index in [1.165, 1.54) is 0 Å². The van der Waals surface area contributed by atoms with Crippen LogP contribution in [-0.4, -0.2) is 37.2 Å². The van der Waals surface area contributed by atoms with Crippen molar-refractivity contribution in [2.24, 2.45) is 0 Å². The molecule has 19 heavy (non-hydrogen) atoms. The molecular weight excluding hydrogens is 273 g/mol. The number of nitrogens with two attached hydrogens (primary N) is 1. The zero-order valence-electron chi connectivity index (χ0n) is 9.78. The second kappa shape index (κ2) is 4.85. The number of aliphatic hydroxyl groups excluding tert-OH is 2. The van der Waals surface area contributed by atoms with Crippen LogP contribution in [0, 0.1) is 18.2 Å². The third kappa shape index (κ3) is 2.20. The average Bonchev–Trinajstić information content (AvgIpc) is 2.71. The van der Waals surface area contributed by atoms with Gasteiger partial charge in [-0.1, -0.05) is 5.92 Å². The van der Waals surface area contributed by atoms with E-state index < -0.39 is 40.2 Å². The van der Waals surface area contributed by atoms with Gasteiger partial charge in [-0.2, -0.15) is 4.98 Å². The molecule has 4 N–H and O–H groups in total. The summed E-state index contributed by atoms with van der Waals surface area (Å²) >= 11 is 1.03. The normalized spacial score (nSPS) is 30.2. The standard InChI is InChI=1S/C11H12FN3O3S/c1-2-11(5-16)7(17)3-8(19-11)15-4-6(12)9(13)14-10(15)18/h1,4,7-8,16-17H,3,5H2,(H2,13,14,18)/t7-,8+,11+/m0/s1. The molecule has 0 unspecified atom stereocenters. The van der Waals surface area contributed by atoms with E-state index in [1.807, 2.05) is 0 Å². The van der Waals surface area contributed by atoms with Gasteiger partial charge in [0.2, 0.25) is 0 Å². The fourth-order valence-electron chi connectivity index (χ4n) is 1.90. The predicted molar refractivity (Wildman–Crippen MR) is 68.8 cm³/mol. The molecule has 1 aromatic rings. The highest BCUT2D eigenvalue weighted by Crippen LogP contribution is 2.48. The Labute approximate surface area is 112 Å². The minimum Gasteiger partial charge on any atom is -0.394 e. The second-order valence-corrected chi connectivity index (χ2v) is 5.69. The summed E-state index contributed by atoms with van der Waals surface area (Å²) in [6.45, 7) is -0.439. The quantitative estimate of drug-likeness (QED) is 0.623. The first-order chi connectivity index (χ1) is 8.93. The lowest BCUT2D eigenvalue weighted by Crippen LogP contribution is -2.36. The van der Waals surface area contributed by atoms with Gasteiger partial charge < -0.3 is 15.9 Å². The van der Waals surface area contributed by atoms with Crippen molar-refractivity contribution >= 4 is 17.6 Å². The second-order valence-electron chi connectivity index (χ2n) is 4.18. The maximum absolute atomic E-state index is 13.4. The van der Waals surface area contributed by atoms with Crippen molar-refractivity contribution < 1.29 is 14.6 Å². The van der Waals surface area contributed by atoms with Crippen molar-refractivity contribution in [3.8, 4) is 12.3 Å². The zero-order chi connectivity index (χ0) is 14.2. The third-order valence-electron chi connectivity index (χ3n) is 3.03. The molecule has 0 bridgehead atoms. The molecule has 1 aliphatic rings. The molecule has 3 atom stereocenters. The lowest BCUT2D eigenvalue weighted by atomic mass is 10.0. The maximum Gasteiger partial charge on any atom is 0.350 e. The van der Waals surface area contributed by atoms with Crippen LogP contribution in [0.5, 0.6) is 0 Å². The maximum atomic E-state index is 13.4. The summed E-state index contributed by atoms with van der Waals surface area (Å²) in [5.41, 5.74) is 4.47. The number of aliphatic hydroxyl groups is 2. The predicted octanol–water partition coefficient (Wildman–Crippen LogP) is -0.675. The largest absolute Gasteiger partial charge is 0.394 e. The Morgan fingerprint density at radius 1 is 1.79 bits per heavy atom. The van der Waals surface area contributed by atoms with Crippen LogP contribution >= 0.6 is 11.8 Å². The van der Waals surface area contributed by atoms with Crippen LogP contribution in [0.2, 0.25) is 0 Å². The number of nitrogens with zero attached hydrogens (tertiary/aromatic N) is 2. The monoisotopic (exact) mass is 285 g/mol. The number of terminal acetylenes is 1. The van der Waals surface area contributed by atoms with E-state index in [4.69, 9.17) is 12.2 Å². The Hall–Kier alpha value is -1.56. The van der Waals surface area contributed by atoms with Crippen molar-refractivity contribution in [1.29, 1.82) is 0 Å². The van der Waals surface area contributed by atoms with Crippen LogP contribution in [0.1, 0.15) is 11.8 Å². The molecule has 0 spiro atoms.